The maximum atomic E-state index is 10.6. The lowest BCUT2D eigenvalue weighted by Gasteiger charge is -2.07. The van der Waals surface area contributed by atoms with Crippen LogP contribution in [0.25, 0.3) is 0 Å². The standard InChI is InChI=1S/C9H10O3.H2O/c10-6-8(9(11)12)7-4-2-1-3-5-7;/h1-5,8,10H,6H2,(H,11,12);1H2. The highest BCUT2D eigenvalue weighted by Gasteiger charge is 2.17. The van der Waals surface area contributed by atoms with E-state index in [2.05, 4.69) is 0 Å². The molecule has 0 aromatic heterocycles. The molecule has 0 saturated heterocycles. The quantitative estimate of drug-likeness (QED) is 0.694. The first-order valence-corrected chi connectivity index (χ1v) is 3.64. The van der Waals surface area contributed by atoms with Crippen molar-refractivity contribution in [2.24, 2.45) is 0 Å². The summed E-state index contributed by atoms with van der Waals surface area (Å²) in [5.41, 5.74) is 0.632. The van der Waals surface area contributed by atoms with E-state index in [9.17, 15) is 4.79 Å². The molecular formula is C9H12O4. The van der Waals surface area contributed by atoms with Gasteiger partial charge in [-0.15, -0.1) is 0 Å². The number of carbonyl (C=O) groups is 1. The van der Waals surface area contributed by atoms with Crippen LogP contribution in [-0.2, 0) is 4.79 Å². The zero-order valence-electron chi connectivity index (χ0n) is 6.97. The zero-order valence-corrected chi connectivity index (χ0v) is 6.97. The highest BCUT2D eigenvalue weighted by Crippen LogP contribution is 2.14. The van der Waals surface area contributed by atoms with Gasteiger partial charge in [0.15, 0.2) is 0 Å². The van der Waals surface area contributed by atoms with Crippen LogP contribution >= 0.6 is 0 Å². The molecule has 0 bridgehead atoms. The summed E-state index contributed by atoms with van der Waals surface area (Å²) in [4.78, 5) is 10.6. The Labute approximate surface area is 75.8 Å². The first-order valence-electron chi connectivity index (χ1n) is 3.64. The zero-order chi connectivity index (χ0) is 8.97. The van der Waals surface area contributed by atoms with Gasteiger partial charge in [-0.3, -0.25) is 4.79 Å². The Kier molecular flexibility index (Phi) is 4.72. The molecule has 0 aliphatic carbocycles. The van der Waals surface area contributed by atoms with E-state index in [1.165, 1.54) is 0 Å². The molecule has 4 heteroatoms. The summed E-state index contributed by atoms with van der Waals surface area (Å²) in [6, 6.07) is 8.69. The van der Waals surface area contributed by atoms with Gasteiger partial charge in [0.05, 0.1) is 6.61 Å². The average molecular weight is 184 g/mol. The van der Waals surface area contributed by atoms with Gasteiger partial charge in [0.25, 0.3) is 0 Å². The highest BCUT2D eigenvalue weighted by atomic mass is 16.4. The van der Waals surface area contributed by atoms with Crippen LogP contribution in [0, 0.1) is 0 Å². The Morgan fingerprint density at radius 3 is 2.23 bits per heavy atom. The highest BCUT2D eigenvalue weighted by molar-refractivity contribution is 5.76. The molecule has 0 fully saturated rings. The minimum atomic E-state index is -0.997. The molecular weight excluding hydrogens is 172 g/mol. The van der Waals surface area contributed by atoms with Gasteiger partial charge in [0.2, 0.25) is 0 Å². The average Bonchev–Trinajstić information content (AvgIpc) is 2.07. The number of hydrogen-bond acceptors (Lipinski definition) is 2. The second-order valence-electron chi connectivity index (χ2n) is 2.48. The SMILES string of the molecule is O.O=C(O)C(CO)c1ccccc1. The molecule has 0 saturated carbocycles. The molecule has 0 aliphatic heterocycles. The van der Waals surface area contributed by atoms with E-state index in [-0.39, 0.29) is 12.1 Å². The molecule has 13 heavy (non-hydrogen) atoms. The van der Waals surface area contributed by atoms with Gasteiger partial charge in [-0.05, 0) is 5.56 Å². The predicted octanol–water partition coefficient (Wildman–Crippen LogP) is 0.0224. The van der Waals surface area contributed by atoms with Gasteiger partial charge in [0.1, 0.15) is 5.92 Å². The van der Waals surface area contributed by atoms with Gasteiger partial charge >= 0.3 is 5.97 Å². The summed E-state index contributed by atoms with van der Waals surface area (Å²) >= 11 is 0. The normalized spacial score (nSPS) is 11.5. The van der Waals surface area contributed by atoms with Crippen molar-refractivity contribution in [3.8, 4) is 0 Å². The predicted molar refractivity (Wildman–Crippen MR) is 47.5 cm³/mol. The molecule has 1 rings (SSSR count). The fourth-order valence-electron chi connectivity index (χ4n) is 1.01. The summed E-state index contributed by atoms with van der Waals surface area (Å²) < 4.78 is 0. The molecule has 72 valence electrons. The fourth-order valence-corrected chi connectivity index (χ4v) is 1.01. The Bertz CT molecular complexity index is 258. The van der Waals surface area contributed by atoms with Crippen LogP contribution in [0.15, 0.2) is 30.3 Å². The number of benzene rings is 1. The van der Waals surface area contributed by atoms with E-state index in [1.807, 2.05) is 0 Å². The number of carboxylic acid groups (broad SMARTS) is 1. The third-order valence-corrected chi connectivity index (χ3v) is 1.68. The van der Waals surface area contributed by atoms with Gasteiger partial charge in [0, 0.05) is 0 Å². The van der Waals surface area contributed by atoms with E-state index in [0.717, 1.165) is 0 Å². The summed E-state index contributed by atoms with van der Waals surface area (Å²) in [6.45, 7) is -0.362. The lowest BCUT2D eigenvalue weighted by Crippen LogP contribution is -2.15. The molecule has 4 nitrogen and oxygen atoms in total. The van der Waals surface area contributed by atoms with Crippen LogP contribution in [0.5, 0.6) is 0 Å². The number of hydrogen-bond donors (Lipinski definition) is 2. The maximum Gasteiger partial charge on any atom is 0.313 e. The van der Waals surface area contributed by atoms with Gasteiger partial charge in [-0.1, -0.05) is 30.3 Å². The Morgan fingerprint density at radius 2 is 1.85 bits per heavy atom. The molecule has 0 heterocycles. The van der Waals surface area contributed by atoms with Crippen molar-refractivity contribution in [2.75, 3.05) is 6.61 Å². The molecule has 0 amide bonds. The van der Waals surface area contributed by atoms with Crippen molar-refractivity contribution in [1.29, 1.82) is 0 Å². The minimum Gasteiger partial charge on any atom is -0.481 e. The molecule has 1 aromatic carbocycles. The lowest BCUT2D eigenvalue weighted by molar-refractivity contribution is -0.139. The third-order valence-electron chi connectivity index (χ3n) is 1.68. The van der Waals surface area contributed by atoms with Crippen LogP contribution < -0.4 is 0 Å². The van der Waals surface area contributed by atoms with E-state index in [0.29, 0.717) is 5.56 Å². The van der Waals surface area contributed by atoms with E-state index < -0.39 is 11.9 Å². The second-order valence-corrected chi connectivity index (χ2v) is 2.48. The Morgan fingerprint density at radius 1 is 1.31 bits per heavy atom. The van der Waals surface area contributed by atoms with Crippen LogP contribution in [0.4, 0.5) is 0 Å². The first-order chi connectivity index (χ1) is 5.75. The van der Waals surface area contributed by atoms with E-state index in [1.54, 1.807) is 30.3 Å². The van der Waals surface area contributed by atoms with Crippen LogP contribution in [-0.4, -0.2) is 28.3 Å². The summed E-state index contributed by atoms with van der Waals surface area (Å²) in [5, 5.41) is 17.4. The molecule has 0 radical (unpaired) electrons. The van der Waals surface area contributed by atoms with Crippen molar-refractivity contribution in [3.63, 3.8) is 0 Å². The molecule has 4 N–H and O–H groups in total. The Hall–Kier alpha value is -1.39. The lowest BCUT2D eigenvalue weighted by atomic mass is 10.0. The largest absolute Gasteiger partial charge is 0.481 e. The molecule has 1 unspecified atom stereocenters. The minimum absolute atomic E-state index is 0. The number of aliphatic hydroxyl groups is 1. The topological polar surface area (TPSA) is 89.0 Å². The number of carboxylic acids is 1. The number of aliphatic carboxylic acids is 1. The Balaban J connectivity index is 0.00000144. The number of aliphatic hydroxyl groups excluding tert-OH is 1. The fraction of sp³-hybridized carbons (Fsp3) is 0.222. The summed E-state index contributed by atoms with van der Waals surface area (Å²) in [6.07, 6.45) is 0. The summed E-state index contributed by atoms with van der Waals surface area (Å²) in [7, 11) is 0. The molecule has 1 atom stereocenters. The van der Waals surface area contributed by atoms with Crippen molar-refractivity contribution >= 4 is 5.97 Å². The first kappa shape index (κ1) is 11.6. The third kappa shape index (κ3) is 2.85. The molecule has 0 spiro atoms. The monoisotopic (exact) mass is 184 g/mol. The van der Waals surface area contributed by atoms with Crippen molar-refractivity contribution < 1.29 is 20.5 Å². The van der Waals surface area contributed by atoms with Gasteiger partial charge < -0.3 is 15.7 Å². The van der Waals surface area contributed by atoms with Gasteiger partial charge in [-0.25, -0.2) is 0 Å². The maximum absolute atomic E-state index is 10.6. The molecule has 0 aliphatic rings. The van der Waals surface area contributed by atoms with Crippen molar-refractivity contribution in [2.45, 2.75) is 5.92 Å². The number of rotatable bonds is 3. The summed E-state index contributed by atoms with van der Waals surface area (Å²) in [5.74, 6) is -1.80. The van der Waals surface area contributed by atoms with Crippen molar-refractivity contribution in [1.82, 2.24) is 0 Å². The van der Waals surface area contributed by atoms with E-state index in [4.69, 9.17) is 10.2 Å². The smallest absolute Gasteiger partial charge is 0.313 e. The van der Waals surface area contributed by atoms with E-state index >= 15 is 0 Å². The second kappa shape index (κ2) is 5.29. The van der Waals surface area contributed by atoms with Crippen molar-refractivity contribution in [3.05, 3.63) is 35.9 Å². The van der Waals surface area contributed by atoms with Gasteiger partial charge in [-0.2, -0.15) is 0 Å². The van der Waals surface area contributed by atoms with Crippen LogP contribution in [0.2, 0.25) is 0 Å². The van der Waals surface area contributed by atoms with Crippen LogP contribution in [0.3, 0.4) is 0 Å². The molecule has 1 aromatic rings. The van der Waals surface area contributed by atoms with Crippen LogP contribution in [0.1, 0.15) is 11.5 Å².